The normalized spacial score (nSPS) is 35.4. The van der Waals surface area contributed by atoms with Crippen LogP contribution in [0.1, 0.15) is 59.3 Å². The van der Waals surface area contributed by atoms with Crippen LogP contribution < -0.4 is 14.7 Å². The Morgan fingerprint density at radius 1 is 0.491 bits per heavy atom. The molecule has 320 valence electrons. The highest BCUT2D eigenvalue weighted by molar-refractivity contribution is 7.40. The zero-order valence-corrected chi connectivity index (χ0v) is 29.6. The van der Waals surface area contributed by atoms with Gasteiger partial charge in [-0.25, -0.2) is 0 Å². The van der Waals surface area contributed by atoms with Gasteiger partial charge in [-0.3, -0.25) is 0 Å². The predicted octanol–water partition coefficient (Wildman–Crippen LogP) is 5.79. The zero-order valence-electron chi connectivity index (χ0n) is 28.7. The first-order chi connectivity index (χ1) is 23.4. The molecule has 6 atom stereocenters. The predicted molar refractivity (Wildman–Crippen MR) is 139 cm³/mol. The van der Waals surface area contributed by atoms with Crippen molar-refractivity contribution in [3.05, 3.63) is 0 Å². The molecule has 0 spiro atoms. The number of likely N-dealkylation sites (N-methyl/N-ethyl adjacent to an activating group) is 3. The van der Waals surface area contributed by atoms with Gasteiger partial charge in [0.2, 0.25) is 0 Å². The van der Waals surface area contributed by atoms with E-state index in [4.69, 9.17) is 19.2 Å². The van der Waals surface area contributed by atoms with Crippen LogP contribution in [0.5, 0.6) is 0 Å². The molecule has 3 heterocycles. The molecule has 0 radical (unpaired) electrons. The number of rotatable bonds is 9. The third-order valence-electron chi connectivity index (χ3n) is 8.34. The largest absolute Gasteiger partial charge is 0.822 e. The van der Waals surface area contributed by atoms with E-state index in [1.54, 1.807) is 20.8 Å². The smallest absolute Gasteiger partial charge is 0.505 e. The number of quaternary nitrogens is 3. The summed E-state index contributed by atoms with van der Waals surface area (Å²) in [6.45, 7) is 1.75. The molecule has 0 amide bonds. The van der Waals surface area contributed by atoms with Crippen LogP contribution in [0.2, 0.25) is 0 Å². The lowest BCUT2D eigenvalue weighted by Gasteiger charge is -2.36. The van der Waals surface area contributed by atoms with Crippen LogP contribution in [0, 0.1) is 0 Å². The lowest BCUT2D eigenvalue weighted by molar-refractivity contribution is -1.14. The number of halogens is 18. The topological polar surface area (TPSA) is 96.0 Å². The van der Waals surface area contributed by atoms with Crippen LogP contribution in [0.3, 0.4) is 0 Å². The SMILES string of the molecule is CCCC[N+]1(F)C(F)C(F)(F)N(C)C1(F)F.CCCC[N+]1(F)C(F)C(F)(F)N(C)C1(F)F.CCCC[N+]1(F)C(F)C(F)(F)N(C)C1(F)F.O=P([O-])([O-])[O-]. The summed E-state index contributed by atoms with van der Waals surface area (Å²) in [7, 11) is -4.48. The van der Waals surface area contributed by atoms with E-state index in [2.05, 4.69) is 0 Å². The van der Waals surface area contributed by atoms with Crippen molar-refractivity contribution in [2.24, 2.45) is 0 Å². The first-order valence-electron chi connectivity index (χ1n) is 15.2. The van der Waals surface area contributed by atoms with Crippen molar-refractivity contribution >= 4 is 7.82 Å². The minimum Gasteiger partial charge on any atom is -0.822 e. The molecule has 10 nitrogen and oxygen atoms in total. The van der Waals surface area contributed by atoms with Gasteiger partial charge in [0.05, 0.1) is 0 Å². The Balaban J connectivity index is 0.000000718. The molecule has 3 saturated heterocycles. The molecule has 3 aliphatic rings. The molecule has 29 heteroatoms. The maximum absolute atomic E-state index is 13.7. The van der Waals surface area contributed by atoms with Crippen molar-refractivity contribution in [3.63, 3.8) is 0 Å². The first-order valence-corrected chi connectivity index (χ1v) is 16.7. The average molecular weight is 849 g/mol. The Morgan fingerprint density at radius 2 is 0.642 bits per heavy atom. The van der Waals surface area contributed by atoms with E-state index in [0.29, 0.717) is 40.4 Å². The van der Waals surface area contributed by atoms with Crippen LogP contribution in [0.15, 0.2) is 0 Å². The highest BCUT2D eigenvalue weighted by atomic mass is 31.2. The highest BCUT2D eigenvalue weighted by Gasteiger charge is 2.85. The van der Waals surface area contributed by atoms with Gasteiger partial charge in [-0.15, -0.1) is 41.0 Å². The molecule has 6 unspecified atom stereocenters. The Morgan fingerprint density at radius 3 is 0.736 bits per heavy atom. The fourth-order valence-corrected chi connectivity index (χ4v) is 4.82. The minimum absolute atomic E-state index is 0.101. The zero-order chi connectivity index (χ0) is 42.8. The van der Waals surface area contributed by atoms with Gasteiger partial charge >= 0.3 is 55.5 Å². The number of alkyl halides is 15. The molecule has 0 aromatic rings. The Labute approximate surface area is 291 Å². The van der Waals surface area contributed by atoms with Gasteiger partial charge in [0, 0.05) is 53.8 Å². The van der Waals surface area contributed by atoms with Gasteiger partial charge in [-0.1, -0.05) is 40.0 Å². The molecule has 0 N–H and O–H groups in total. The van der Waals surface area contributed by atoms with E-state index in [1.807, 2.05) is 0 Å². The molecule has 0 bridgehead atoms. The number of phosphoric acid groups is 1. The summed E-state index contributed by atoms with van der Waals surface area (Å²) >= 11 is 0. The van der Waals surface area contributed by atoms with Crippen LogP contribution in [0.25, 0.3) is 0 Å². The summed E-state index contributed by atoms with van der Waals surface area (Å²) < 4.78 is 237. The van der Waals surface area contributed by atoms with Gasteiger partial charge in [0.15, 0.2) is 0 Å². The monoisotopic (exact) mass is 848 g/mol. The van der Waals surface area contributed by atoms with Crippen LogP contribution in [-0.2, 0) is 4.57 Å². The summed E-state index contributed by atoms with van der Waals surface area (Å²) in [6.07, 6.45) is -23.8. The van der Waals surface area contributed by atoms with Gasteiger partial charge < -0.3 is 19.2 Å². The second-order valence-corrected chi connectivity index (χ2v) is 12.9. The molecular weight excluding hydrogens is 809 g/mol. The van der Waals surface area contributed by atoms with E-state index in [9.17, 15) is 79.3 Å². The van der Waals surface area contributed by atoms with Gasteiger partial charge in [-0.2, -0.15) is 47.3 Å². The van der Waals surface area contributed by atoms with Crippen molar-refractivity contribution in [1.82, 2.24) is 14.7 Å². The quantitative estimate of drug-likeness (QED) is 0.126. The molecule has 0 aliphatic carbocycles. The Hall–Kier alpha value is -1.39. The summed E-state index contributed by atoms with van der Waals surface area (Å²) in [6, 6.07) is -13.5. The van der Waals surface area contributed by atoms with Crippen molar-refractivity contribution in [2.45, 2.75) is 115 Å². The second-order valence-electron chi connectivity index (χ2n) is 12.0. The van der Waals surface area contributed by atoms with Crippen LogP contribution in [0.4, 0.5) is 79.3 Å². The van der Waals surface area contributed by atoms with Crippen molar-refractivity contribution < 1.29 is 113 Å². The van der Waals surface area contributed by atoms with Crippen molar-refractivity contribution in [1.29, 1.82) is 0 Å². The maximum Gasteiger partial charge on any atom is 0.505 e. The fourth-order valence-electron chi connectivity index (χ4n) is 4.82. The molecular formula is C24H39F18N6O4P. The molecule has 0 saturated carbocycles. The average Bonchev–Trinajstić information content (AvgIpc) is 3.24. The van der Waals surface area contributed by atoms with E-state index >= 15 is 0 Å². The minimum atomic E-state index is -5.39. The fraction of sp³-hybridized carbons (Fsp3) is 1.00. The van der Waals surface area contributed by atoms with Gasteiger partial charge in [0.25, 0.3) is 0 Å². The summed E-state index contributed by atoms with van der Waals surface area (Å²) in [4.78, 5) is 23.1. The van der Waals surface area contributed by atoms with Crippen LogP contribution >= 0.6 is 7.82 Å². The Kier molecular flexibility index (Phi) is 16.5. The third kappa shape index (κ3) is 9.43. The molecule has 3 aliphatic heterocycles. The summed E-state index contributed by atoms with van der Waals surface area (Å²) in [5.41, 5.74) is 0. The summed E-state index contributed by atoms with van der Waals surface area (Å²) in [5.74, 6) is 0. The lowest BCUT2D eigenvalue weighted by atomic mass is 10.3. The number of nitrogens with zero attached hydrogens (tertiary/aromatic N) is 6. The maximum atomic E-state index is 13.7. The second kappa shape index (κ2) is 17.0. The molecule has 3 fully saturated rings. The molecule has 53 heavy (non-hydrogen) atoms. The Bertz CT molecular complexity index is 1110. The van der Waals surface area contributed by atoms with E-state index in [-0.39, 0.29) is 19.3 Å². The third-order valence-corrected chi connectivity index (χ3v) is 8.34. The highest BCUT2D eigenvalue weighted by Crippen LogP contribution is 2.54. The van der Waals surface area contributed by atoms with E-state index in [0.717, 1.165) is 0 Å². The van der Waals surface area contributed by atoms with E-state index < -0.39 is 112 Å². The van der Waals surface area contributed by atoms with Crippen molar-refractivity contribution in [2.75, 3.05) is 40.8 Å². The lowest BCUT2D eigenvalue weighted by Crippen LogP contribution is -2.56. The molecule has 0 aromatic heterocycles. The van der Waals surface area contributed by atoms with E-state index in [1.165, 1.54) is 0 Å². The summed E-state index contributed by atoms with van der Waals surface area (Å²) in [5, 5.41) is 0. The number of hydrogen-bond acceptors (Lipinski definition) is 7. The van der Waals surface area contributed by atoms with Gasteiger partial charge in [0.1, 0.15) is 19.6 Å². The number of unbranched alkanes of at least 4 members (excludes halogenated alkanes) is 3. The molecule has 0 aromatic carbocycles. The number of hydrogen-bond donors (Lipinski definition) is 0. The first kappa shape index (κ1) is 51.6. The molecule has 3 rings (SSSR count). The van der Waals surface area contributed by atoms with Gasteiger partial charge in [-0.05, 0) is 14.1 Å². The van der Waals surface area contributed by atoms with Crippen molar-refractivity contribution in [3.8, 4) is 0 Å². The standard InChI is InChI=1S/3C8H13F6N2.H3O4P/c3*1-3-4-5-16(14)6(9)7(10,11)15(2)8(16,12)13;1-5(2,3)4/h3*6H,3-5H2,1-2H3;(H3,1,2,3,4)/q3*+1;/p-3. The van der Waals surface area contributed by atoms with Crippen LogP contribution in [-0.4, -0.2) is 125 Å².